The first-order valence-electron chi connectivity index (χ1n) is 4.27. The summed E-state index contributed by atoms with van der Waals surface area (Å²) in [4.78, 5) is 0. The number of aliphatic hydroxyl groups excluding tert-OH is 1. The van der Waals surface area contributed by atoms with Crippen LogP contribution in [0.4, 0.5) is 0 Å². The highest BCUT2D eigenvalue weighted by molar-refractivity contribution is 5.92. The van der Waals surface area contributed by atoms with Gasteiger partial charge in [0, 0.05) is 5.39 Å². The molecule has 0 fully saturated rings. The van der Waals surface area contributed by atoms with E-state index in [1.54, 1.807) is 18.2 Å². The molecule has 0 amide bonds. The Bertz CT molecular complexity index is 477. The highest BCUT2D eigenvalue weighted by Crippen LogP contribution is 2.35. The Hall–Kier alpha value is -1.74. The Morgan fingerprint density at radius 3 is 2.29 bits per heavy atom. The van der Waals surface area contributed by atoms with E-state index in [2.05, 4.69) is 0 Å². The average molecular weight is 190 g/mol. The van der Waals surface area contributed by atoms with Crippen LogP contribution in [0.3, 0.4) is 0 Å². The Kier molecular flexibility index (Phi) is 2.02. The number of hydrogen-bond donors (Lipinski definition) is 3. The monoisotopic (exact) mass is 190 g/mol. The molecule has 2 aromatic carbocycles. The quantitative estimate of drug-likeness (QED) is 0.600. The maximum Gasteiger partial charge on any atom is 0.165 e. The standard InChI is InChI=1S/C11H10O3/c12-6-7-5-10(13)11(14)9-4-2-1-3-8(7)9/h1-5,12-14H,6H2. The van der Waals surface area contributed by atoms with Crippen LogP contribution in [0.2, 0.25) is 0 Å². The van der Waals surface area contributed by atoms with Crippen molar-refractivity contribution in [2.75, 3.05) is 0 Å². The van der Waals surface area contributed by atoms with Gasteiger partial charge < -0.3 is 15.3 Å². The number of benzene rings is 2. The number of aromatic hydroxyl groups is 2. The molecule has 0 saturated heterocycles. The molecule has 14 heavy (non-hydrogen) atoms. The highest BCUT2D eigenvalue weighted by Gasteiger charge is 2.08. The first-order valence-corrected chi connectivity index (χ1v) is 4.27. The maximum atomic E-state index is 9.55. The first kappa shape index (κ1) is 8.84. The van der Waals surface area contributed by atoms with Gasteiger partial charge in [0.25, 0.3) is 0 Å². The molecular weight excluding hydrogens is 180 g/mol. The summed E-state index contributed by atoms with van der Waals surface area (Å²) in [6.07, 6.45) is 0. The number of rotatable bonds is 1. The molecule has 72 valence electrons. The van der Waals surface area contributed by atoms with Gasteiger partial charge in [-0.05, 0) is 17.0 Å². The third kappa shape index (κ3) is 1.18. The molecule has 0 spiro atoms. The summed E-state index contributed by atoms with van der Waals surface area (Å²) in [5.74, 6) is -0.342. The lowest BCUT2D eigenvalue weighted by molar-refractivity contribution is 0.282. The van der Waals surface area contributed by atoms with Gasteiger partial charge in [-0.3, -0.25) is 0 Å². The lowest BCUT2D eigenvalue weighted by Gasteiger charge is -2.07. The Morgan fingerprint density at radius 2 is 1.64 bits per heavy atom. The zero-order valence-electron chi connectivity index (χ0n) is 7.44. The van der Waals surface area contributed by atoms with E-state index in [4.69, 9.17) is 5.11 Å². The molecule has 3 nitrogen and oxygen atoms in total. The van der Waals surface area contributed by atoms with Crippen molar-refractivity contribution in [3.05, 3.63) is 35.9 Å². The molecule has 0 bridgehead atoms. The summed E-state index contributed by atoms with van der Waals surface area (Å²) >= 11 is 0. The lowest BCUT2D eigenvalue weighted by atomic mass is 10.0. The van der Waals surface area contributed by atoms with Gasteiger partial charge in [-0.15, -0.1) is 0 Å². The number of fused-ring (bicyclic) bond motifs is 1. The van der Waals surface area contributed by atoms with Crippen LogP contribution < -0.4 is 0 Å². The fourth-order valence-electron chi connectivity index (χ4n) is 1.55. The van der Waals surface area contributed by atoms with E-state index < -0.39 is 0 Å². The van der Waals surface area contributed by atoms with Crippen LogP contribution in [-0.4, -0.2) is 15.3 Å². The van der Waals surface area contributed by atoms with Crippen LogP contribution in [0, 0.1) is 0 Å². The van der Waals surface area contributed by atoms with Gasteiger partial charge in [-0.2, -0.15) is 0 Å². The second-order valence-electron chi connectivity index (χ2n) is 3.11. The van der Waals surface area contributed by atoms with Crippen molar-refractivity contribution in [1.82, 2.24) is 0 Å². The van der Waals surface area contributed by atoms with Crippen molar-refractivity contribution in [2.45, 2.75) is 6.61 Å². The number of phenolic OH excluding ortho intramolecular Hbond substituents is 2. The average Bonchev–Trinajstić information content (AvgIpc) is 2.23. The van der Waals surface area contributed by atoms with E-state index in [0.29, 0.717) is 10.9 Å². The molecule has 2 rings (SSSR count). The minimum atomic E-state index is -0.201. The van der Waals surface area contributed by atoms with Crippen LogP contribution >= 0.6 is 0 Å². The minimum Gasteiger partial charge on any atom is -0.504 e. The molecule has 0 heterocycles. The Balaban J connectivity index is 2.89. The molecule has 0 aliphatic carbocycles. The van der Waals surface area contributed by atoms with E-state index in [0.717, 1.165) is 5.39 Å². The second kappa shape index (κ2) is 3.20. The lowest BCUT2D eigenvalue weighted by Crippen LogP contribution is -1.86. The predicted molar refractivity (Wildman–Crippen MR) is 53.2 cm³/mol. The largest absolute Gasteiger partial charge is 0.504 e. The molecule has 0 aromatic heterocycles. The van der Waals surface area contributed by atoms with Crippen molar-refractivity contribution in [3.63, 3.8) is 0 Å². The van der Waals surface area contributed by atoms with E-state index >= 15 is 0 Å². The summed E-state index contributed by atoms with van der Waals surface area (Å²) in [6, 6.07) is 8.45. The highest BCUT2D eigenvalue weighted by atomic mass is 16.3. The SMILES string of the molecule is OCc1cc(O)c(O)c2ccccc12. The van der Waals surface area contributed by atoms with Gasteiger partial charge in [0.2, 0.25) is 0 Å². The van der Waals surface area contributed by atoms with E-state index in [9.17, 15) is 10.2 Å². The van der Waals surface area contributed by atoms with Gasteiger partial charge in [-0.25, -0.2) is 0 Å². The van der Waals surface area contributed by atoms with Crippen molar-refractivity contribution < 1.29 is 15.3 Å². The maximum absolute atomic E-state index is 9.55. The van der Waals surface area contributed by atoms with Gasteiger partial charge in [0.1, 0.15) is 0 Å². The molecule has 2 aromatic rings. The Labute approximate surface area is 80.9 Å². The van der Waals surface area contributed by atoms with Gasteiger partial charge in [0.15, 0.2) is 11.5 Å². The normalized spacial score (nSPS) is 10.6. The molecule has 0 saturated carbocycles. The third-order valence-electron chi connectivity index (χ3n) is 2.25. The molecule has 0 aliphatic heterocycles. The van der Waals surface area contributed by atoms with Gasteiger partial charge in [0.05, 0.1) is 6.61 Å². The van der Waals surface area contributed by atoms with Crippen LogP contribution in [0.5, 0.6) is 11.5 Å². The summed E-state index contributed by atoms with van der Waals surface area (Å²) < 4.78 is 0. The van der Waals surface area contributed by atoms with Crippen molar-refractivity contribution in [2.24, 2.45) is 0 Å². The third-order valence-corrected chi connectivity index (χ3v) is 2.25. The topological polar surface area (TPSA) is 60.7 Å². The molecule has 3 N–H and O–H groups in total. The minimum absolute atomic E-state index is 0.141. The summed E-state index contributed by atoms with van der Waals surface area (Å²) in [7, 11) is 0. The fraction of sp³-hybridized carbons (Fsp3) is 0.0909. The van der Waals surface area contributed by atoms with Crippen molar-refractivity contribution >= 4 is 10.8 Å². The van der Waals surface area contributed by atoms with Crippen LogP contribution in [-0.2, 0) is 6.61 Å². The number of aliphatic hydroxyl groups is 1. The first-order chi connectivity index (χ1) is 6.74. The van der Waals surface area contributed by atoms with E-state index in [1.807, 2.05) is 6.07 Å². The fourth-order valence-corrected chi connectivity index (χ4v) is 1.55. The molecule has 0 aliphatic rings. The van der Waals surface area contributed by atoms with Gasteiger partial charge in [-0.1, -0.05) is 24.3 Å². The summed E-state index contributed by atoms with van der Waals surface area (Å²) in [5, 5.41) is 29.3. The predicted octanol–water partition coefficient (Wildman–Crippen LogP) is 1.74. The van der Waals surface area contributed by atoms with Crippen LogP contribution in [0.25, 0.3) is 10.8 Å². The van der Waals surface area contributed by atoms with E-state index in [-0.39, 0.29) is 18.1 Å². The second-order valence-corrected chi connectivity index (χ2v) is 3.11. The van der Waals surface area contributed by atoms with Crippen molar-refractivity contribution in [1.29, 1.82) is 0 Å². The molecule has 0 atom stereocenters. The van der Waals surface area contributed by atoms with Gasteiger partial charge >= 0.3 is 0 Å². The number of hydrogen-bond acceptors (Lipinski definition) is 3. The Morgan fingerprint density at radius 1 is 1.00 bits per heavy atom. The molecule has 0 unspecified atom stereocenters. The molecular formula is C11H10O3. The van der Waals surface area contributed by atoms with E-state index in [1.165, 1.54) is 6.07 Å². The van der Waals surface area contributed by atoms with Crippen LogP contribution in [0.15, 0.2) is 30.3 Å². The summed E-state index contributed by atoms with van der Waals surface area (Å²) in [5.41, 5.74) is 0.607. The molecule has 0 radical (unpaired) electrons. The smallest absolute Gasteiger partial charge is 0.165 e. The zero-order valence-corrected chi connectivity index (χ0v) is 7.44. The summed E-state index contributed by atoms with van der Waals surface area (Å²) in [6.45, 7) is -0.158. The number of phenols is 2. The van der Waals surface area contributed by atoms with Crippen LogP contribution in [0.1, 0.15) is 5.56 Å². The van der Waals surface area contributed by atoms with Crippen molar-refractivity contribution in [3.8, 4) is 11.5 Å². The molecule has 3 heteroatoms. The zero-order chi connectivity index (χ0) is 10.1.